The zero-order valence-corrected chi connectivity index (χ0v) is 18.1. The van der Waals surface area contributed by atoms with Gasteiger partial charge in [-0.25, -0.2) is 0 Å². The van der Waals surface area contributed by atoms with Gasteiger partial charge in [0.15, 0.2) is 0 Å². The smallest absolute Gasteiger partial charge is 0.331 e. The SMILES string of the molecule is C/C=C/CO[Si](C)(C)OCCCCCCCCCCCCCCC. The molecule has 0 N–H and O–H groups in total. The van der Waals surface area contributed by atoms with Crippen molar-refractivity contribution >= 4 is 8.56 Å². The summed E-state index contributed by atoms with van der Waals surface area (Å²) in [6, 6.07) is 0. The molecule has 0 spiro atoms. The zero-order chi connectivity index (χ0) is 17.9. The molecule has 0 aliphatic rings. The van der Waals surface area contributed by atoms with E-state index in [9.17, 15) is 0 Å². The van der Waals surface area contributed by atoms with Crippen molar-refractivity contribution in [1.82, 2.24) is 0 Å². The van der Waals surface area contributed by atoms with E-state index in [4.69, 9.17) is 8.85 Å². The minimum Gasteiger partial charge on any atom is -0.395 e. The molecule has 0 unspecified atom stereocenters. The minimum absolute atomic E-state index is 0.689. The van der Waals surface area contributed by atoms with E-state index in [2.05, 4.69) is 20.0 Å². The van der Waals surface area contributed by atoms with Crippen LogP contribution in [0.4, 0.5) is 0 Å². The first-order valence-electron chi connectivity index (χ1n) is 10.5. The highest BCUT2D eigenvalue weighted by atomic mass is 28.4. The van der Waals surface area contributed by atoms with Gasteiger partial charge in [0.2, 0.25) is 0 Å². The van der Waals surface area contributed by atoms with E-state index in [1.807, 2.05) is 19.1 Å². The summed E-state index contributed by atoms with van der Waals surface area (Å²) in [6.45, 7) is 10.1. The van der Waals surface area contributed by atoms with Crippen molar-refractivity contribution < 1.29 is 8.85 Å². The van der Waals surface area contributed by atoms with Crippen molar-refractivity contribution in [2.24, 2.45) is 0 Å². The predicted octanol–water partition coefficient (Wildman–Crippen LogP) is 7.39. The average Bonchev–Trinajstić information content (AvgIpc) is 2.55. The second-order valence-electron chi connectivity index (χ2n) is 7.37. The Morgan fingerprint density at radius 3 is 1.58 bits per heavy atom. The molecule has 0 radical (unpaired) electrons. The van der Waals surface area contributed by atoms with Gasteiger partial charge < -0.3 is 8.85 Å². The fourth-order valence-corrected chi connectivity index (χ4v) is 4.04. The van der Waals surface area contributed by atoms with E-state index >= 15 is 0 Å². The summed E-state index contributed by atoms with van der Waals surface area (Å²) in [5.74, 6) is 0. The fraction of sp³-hybridized carbons (Fsp3) is 0.905. The van der Waals surface area contributed by atoms with Gasteiger partial charge in [-0.2, -0.15) is 0 Å². The van der Waals surface area contributed by atoms with E-state index in [1.54, 1.807) is 0 Å². The van der Waals surface area contributed by atoms with Gasteiger partial charge in [-0.05, 0) is 26.4 Å². The van der Waals surface area contributed by atoms with Gasteiger partial charge >= 0.3 is 8.56 Å². The van der Waals surface area contributed by atoms with Crippen molar-refractivity contribution in [1.29, 1.82) is 0 Å². The maximum Gasteiger partial charge on any atom is 0.331 e. The number of hydrogen-bond acceptors (Lipinski definition) is 2. The average molecular weight is 357 g/mol. The first-order chi connectivity index (χ1) is 11.6. The quantitative estimate of drug-likeness (QED) is 0.145. The molecule has 0 bridgehead atoms. The Morgan fingerprint density at radius 2 is 1.12 bits per heavy atom. The summed E-state index contributed by atoms with van der Waals surface area (Å²) < 4.78 is 11.8. The minimum atomic E-state index is -1.89. The lowest BCUT2D eigenvalue weighted by Crippen LogP contribution is -2.35. The second-order valence-corrected chi connectivity index (χ2v) is 10.7. The van der Waals surface area contributed by atoms with Crippen LogP contribution in [0.5, 0.6) is 0 Å². The van der Waals surface area contributed by atoms with Gasteiger partial charge in [0.25, 0.3) is 0 Å². The number of rotatable bonds is 18. The molecule has 0 aliphatic carbocycles. The lowest BCUT2D eigenvalue weighted by molar-refractivity contribution is 0.190. The second kappa shape index (κ2) is 17.7. The van der Waals surface area contributed by atoms with Crippen LogP contribution in [-0.4, -0.2) is 21.8 Å². The molecule has 0 fully saturated rings. The molecule has 0 amide bonds. The van der Waals surface area contributed by atoms with Crippen LogP contribution in [0.1, 0.15) is 97.3 Å². The van der Waals surface area contributed by atoms with Gasteiger partial charge in [0.1, 0.15) is 0 Å². The Bertz CT molecular complexity index is 277. The van der Waals surface area contributed by atoms with Gasteiger partial charge in [-0.1, -0.05) is 96.1 Å². The number of allylic oxidation sites excluding steroid dienone is 1. The molecule has 0 rings (SSSR count). The molecule has 24 heavy (non-hydrogen) atoms. The van der Waals surface area contributed by atoms with Crippen LogP contribution in [-0.2, 0) is 8.85 Å². The first-order valence-corrected chi connectivity index (χ1v) is 13.3. The largest absolute Gasteiger partial charge is 0.395 e. The summed E-state index contributed by atoms with van der Waals surface area (Å²) in [7, 11) is -1.89. The van der Waals surface area contributed by atoms with Crippen LogP contribution in [0.3, 0.4) is 0 Å². The summed E-state index contributed by atoms with van der Waals surface area (Å²) in [6.07, 6.45) is 22.2. The summed E-state index contributed by atoms with van der Waals surface area (Å²) in [5, 5.41) is 0. The van der Waals surface area contributed by atoms with E-state index in [1.165, 1.54) is 83.5 Å². The number of hydrogen-bond donors (Lipinski definition) is 0. The zero-order valence-electron chi connectivity index (χ0n) is 17.1. The summed E-state index contributed by atoms with van der Waals surface area (Å²) >= 11 is 0. The van der Waals surface area contributed by atoms with E-state index in [0.29, 0.717) is 6.61 Å². The van der Waals surface area contributed by atoms with Crippen molar-refractivity contribution in [3.8, 4) is 0 Å². The molecule has 0 aliphatic heterocycles. The molecule has 0 aromatic rings. The highest BCUT2D eigenvalue weighted by Crippen LogP contribution is 2.13. The van der Waals surface area contributed by atoms with E-state index < -0.39 is 8.56 Å². The molecule has 0 atom stereocenters. The third kappa shape index (κ3) is 18.2. The van der Waals surface area contributed by atoms with Crippen molar-refractivity contribution in [3.05, 3.63) is 12.2 Å². The normalized spacial score (nSPS) is 12.3. The Morgan fingerprint density at radius 1 is 0.667 bits per heavy atom. The van der Waals surface area contributed by atoms with E-state index in [-0.39, 0.29) is 0 Å². The molecule has 0 aromatic carbocycles. The van der Waals surface area contributed by atoms with Gasteiger partial charge in [-0.3, -0.25) is 0 Å². The van der Waals surface area contributed by atoms with Crippen molar-refractivity contribution in [3.63, 3.8) is 0 Å². The van der Waals surface area contributed by atoms with Crippen LogP contribution in [0.2, 0.25) is 13.1 Å². The van der Waals surface area contributed by atoms with Gasteiger partial charge in [0, 0.05) is 6.61 Å². The third-order valence-corrected chi connectivity index (χ3v) is 6.22. The lowest BCUT2D eigenvalue weighted by atomic mass is 10.0. The molecule has 0 heterocycles. The fourth-order valence-electron chi connectivity index (χ4n) is 2.82. The standard InChI is InChI=1S/C21H44O2Si/c1-5-7-9-10-11-12-13-14-15-16-17-18-19-21-23-24(3,4)22-20-8-6-2/h6,8H,5,7,9-21H2,1-4H3/b8-6+. The van der Waals surface area contributed by atoms with Gasteiger partial charge in [-0.15, -0.1) is 0 Å². The summed E-state index contributed by atoms with van der Waals surface area (Å²) in [4.78, 5) is 0. The highest BCUT2D eigenvalue weighted by Gasteiger charge is 2.23. The first kappa shape index (κ1) is 23.9. The van der Waals surface area contributed by atoms with Crippen molar-refractivity contribution in [2.45, 2.75) is 110 Å². The number of unbranched alkanes of at least 4 members (excludes halogenated alkanes) is 12. The molecule has 0 saturated carbocycles. The maximum atomic E-state index is 5.96. The van der Waals surface area contributed by atoms with E-state index in [0.717, 1.165) is 6.61 Å². The highest BCUT2D eigenvalue weighted by molar-refractivity contribution is 6.64. The molecular formula is C21H44O2Si. The van der Waals surface area contributed by atoms with Crippen LogP contribution in [0.15, 0.2) is 12.2 Å². The summed E-state index contributed by atoms with van der Waals surface area (Å²) in [5.41, 5.74) is 0. The monoisotopic (exact) mass is 356 g/mol. The van der Waals surface area contributed by atoms with Crippen LogP contribution in [0.25, 0.3) is 0 Å². The predicted molar refractivity (Wildman–Crippen MR) is 110 cm³/mol. The van der Waals surface area contributed by atoms with Crippen LogP contribution in [0, 0.1) is 0 Å². The molecule has 2 nitrogen and oxygen atoms in total. The molecule has 144 valence electrons. The molecule has 0 aromatic heterocycles. The van der Waals surface area contributed by atoms with Crippen LogP contribution < -0.4 is 0 Å². The Kier molecular flexibility index (Phi) is 17.6. The Labute approximate surface area is 153 Å². The Hall–Kier alpha value is -0.123. The maximum absolute atomic E-state index is 5.96. The topological polar surface area (TPSA) is 18.5 Å². The molecule has 0 saturated heterocycles. The lowest BCUT2D eigenvalue weighted by Gasteiger charge is -2.22. The van der Waals surface area contributed by atoms with Gasteiger partial charge in [0.05, 0.1) is 6.61 Å². The third-order valence-electron chi connectivity index (χ3n) is 4.46. The van der Waals surface area contributed by atoms with Crippen LogP contribution >= 0.6 is 0 Å². The Balaban J connectivity index is 3.22. The van der Waals surface area contributed by atoms with Crippen molar-refractivity contribution in [2.75, 3.05) is 13.2 Å². The molecular weight excluding hydrogens is 312 g/mol. The molecule has 3 heteroatoms.